The highest BCUT2D eigenvalue weighted by molar-refractivity contribution is 14.1. The van der Waals surface area contributed by atoms with Gasteiger partial charge in [0, 0.05) is 20.8 Å². The monoisotopic (exact) mass is 419 g/mol. The van der Waals surface area contributed by atoms with Crippen LogP contribution >= 0.6 is 38.5 Å². The molecule has 0 aliphatic rings. The Hall–Kier alpha value is -0.560. The lowest BCUT2D eigenvalue weighted by Crippen LogP contribution is -2.05. The summed E-state index contributed by atoms with van der Waals surface area (Å²) in [5.41, 5.74) is 3.43. The molecule has 0 atom stereocenters. The van der Waals surface area contributed by atoms with Crippen molar-refractivity contribution >= 4 is 44.2 Å². The Bertz CT molecular complexity index is 551. The highest BCUT2D eigenvalue weighted by atomic mass is 127. The Morgan fingerprint density at radius 2 is 2.17 bits per heavy atom. The van der Waals surface area contributed by atoms with Gasteiger partial charge in [0.1, 0.15) is 0 Å². The maximum atomic E-state index is 4.44. The molecule has 2 aromatic rings. The third-order valence-corrected chi connectivity index (χ3v) is 4.11. The smallest absolute Gasteiger partial charge is 0.0625 e. The second-order valence-electron chi connectivity index (χ2n) is 4.08. The Morgan fingerprint density at radius 1 is 1.39 bits per heavy atom. The fraction of sp³-hybridized carbons (Fsp3) is 0.308. The van der Waals surface area contributed by atoms with Crippen molar-refractivity contribution in [2.45, 2.75) is 19.9 Å². The molecule has 0 spiro atoms. The van der Waals surface area contributed by atoms with Crippen LogP contribution in [0.5, 0.6) is 0 Å². The minimum absolute atomic E-state index is 0.780. The van der Waals surface area contributed by atoms with Gasteiger partial charge >= 0.3 is 0 Å². The Morgan fingerprint density at radius 3 is 2.78 bits per heavy atom. The van der Waals surface area contributed by atoms with E-state index in [-0.39, 0.29) is 0 Å². The standard InChI is InChI=1S/C13H15BrIN3/c1-3-10-7-11(18(2)17-10)8-16-13-5-4-9(15)6-12(13)14/h4-7,16H,3,8H2,1-2H3. The Kier molecular flexibility index (Phi) is 4.66. The molecule has 0 aliphatic heterocycles. The first-order valence-corrected chi connectivity index (χ1v) is 7.68. The SMILES string of the molecule is CCc1cc(CNc2ccc(I)cc2Br)n(C)n1. The van der Waals surface area contributed by atoms with Crippen LogP contribution in [0.15, 0.2) is 28.7 Å². The van der Waals surface area contributed by atoms with Gasteiger partial charge in [-0.25, -0.2) is 0 Å². The number of anilines is 1. The van der Waals surface area contributed by atoms with Gasteiger partial charge in [0.25, 0.3) is 0 Å². The van der Waals surface area contributed by atoms with E-state index in [1.54, 1.807) is 0 Å². The van der Waals surface area contributed by atoms with Crippen LogP contribution in [-0.4, -0.2) is 9.78 Å². The summed E-state index contributed by atoms with van der Waals surface area (Å²) < 4.78 is 4.25. The zero-order valence-corrected chi connectivity index (χ0v) is 14.1. The summed E-state index contributed by atoms with van der Waals surface area (Å²) in [6.45, 7) is 2.90. The molecule has 0 aliphatic carbocycles. The number of nitrogens with zero attached hydrogens (tertiary/aromatic N) is 2. The van der Waals surface area contributed by atoms with Gasteiger partial charge in [0.15, 0.2) is 0 Å². The molecule has 0 bridgehead atoms. The van der Waals surface area contributed by atoms with Gasteiger partial charge in [0.2, 0.25) is 0 Å². The van der Waals surface area contributed by atoms with Crippen LogP contribution in [0.25, 0.3) is 0 Å². The number of benzene rings is 1. The van der Waals surface area contributed by atoms with Crippen LogP contribution in [0, 0.1) is 3.57 Å². The van der Waals surface area contributed by atoms with Crippen molar-refractivity contribution in [1.29, 1.82) is 0 Å². The van der Waals surface area contributed by atoms with Crippen molar-refractivity contribution in [2.75, 3.05) is 5.32 Å². The molecular formula is C13H15BrIN3. The van der Waals surface area contributed by atoms with Gasteiger partial charge in [-0.3, -0.25) is 4.68 Å². The molecule has 2 rings (SSSR count). The topological polar surface area (TPSA) is 29.9 Å². The van der Waals surface area contributed by atoms with Crippen LogP contribution in [-0.2, 0) is 20.0 Å². The van der Waals surface area contributed by atoms with Crippen LogP contribution in [0.2, 0.25) is 0 Å². The molecule has 0 amide bonds. The first-order chi connectivity index (χ1) is 8.60. The van der Waals surface area contributed by atoms with Crippen molar-refractivity contribution in [3.8, 4) is 0 Å². The van der Waals surface area contributed by atoms with E-state index in [4.69, 9.17) is 0 Å². The molecule has 0 saturated carbocycles. The van der Waals surface area contributed by atoms with Crippen LogP contribution in [0.3, 0.4) is 0 Å². The normalized spacial score (nSPS) is 10.7. The highest BCUT2D eigenvalue weighted by Crippen LogP contribution is 2.24. The van der Waals surface area contributed by atoms with Crippen molar-refractivity contribution in [3.63, 3.8) is 0 Å². The van der Waals surface area contributed by atoms with E-state index in [0.29, 0.717) is 0 Å². The molecule has 1 N–H and O–H groups in total. The van der Waals surface area contributed by atoms with Gasteiger partial charge in [0.05, 0.1) is 17.9 Å². The first-order valence-electron chi connectivity index (χ1n) is 5.81. The third kappa shape index (κ3) is 3.26. The molecule has 0 fully saturated rings. The zero-order chi connectivity index (χ0) is 13.1. The Labute approximate surface area is 129 Å². The van der Waals surface area contributed by atoms with E-state index >= 15 is 0 Å². The van der Waals surface area contributed by atoms with Gasteiger partial charge in [-0.2, -0.15) is 5.10 Å². The van der Waals surface area contributed by atoms with Crippen LogP contribution < -0.4 is 5.32 Å². The number of nitrogens with one attached hydrogen (secondary N) is 1. The lowest BCUT2D eigenvalue weighted by atomic mass is 10.3. The van der Waals surface area contributed by atoms with Gasteiger partial charge in [-0.05, 0) is 69.2 Å². The average molecular weight is 420 g/mol. The summed E-state index contributed by atoms with van der Waals surface area (Å²) in [4.78, 5) is 0. The number of hydrogen-bond acceptors (Lipinski definition) is 2. The van der Waals surface area contributed by atoms with E-state index in [9.17, 15) is 0 Å². The maximum Gasteiger partial charge on any atom is 0.0625 e. The summed E-state index contributed by atoms with van der Waals surface area (Å²) in [6, 6.07) is 8.43. The van der Waals surface area contributed by atoms with Gasteiger partial charge in [-0.1, -0.05) is 6.92 Å². The lowest BCUT2D eigenvalue weighted by molar-refractivity contribution is 0.707. The molecule has 1 aromatic heterocycles. The second kappa shape index (κ2) is 6.06. The van der Waals surface area contributed by atoms with Gasteiger partial charge < -0.3 is 5.32 Å². The fourth-order valence-corrected chi connectivity index (χ4v) is 3.17. The summed E-state index contributed by atoms with van der Waals surface area (Å²) in [7, 11) is 1.99. The van der Waals surface area contributed by atoms with E-state index in [1.807, 2.05) is 11.7 Å². The molecule has 0 radical (unpaired) electrons. The maximum absolute atomic E-state index is 4.44. The van der Waals surface area contributed by atoms with Crippen molar-refractivity contribution < 1.29 is 0 Å². The van der Waals surface area contributed by atoms with E-state index in [2.05, 4.69) is 80.1 Å². The predicted octanol–water partition coefficient (Wildman–Crippen LogP) is 3.96. The molecule has 18 heavy (non-hydrogen) atoms. The van der Waals surface area contributed by atoms with Crippen LogP contribution in [0.1, 0.15) is 18.3 Å². The summed E-state index contributed by atoms with van der Waals surface area (Å²) in [6.07, 6.45) is 0.973. The van der Waals surface area contributed by atoms with E-state index in [1.165, 1.54) is 9.26 Å². The zero-order valence-electron chi connectivity index (χ0n) is 10.4. The molecule has 3 nitrogen and oxygen atoms in total. The molecular weight excluding hydrogens is 405 g/mol. The second-order valence-corrected chi connectivity index (χ2v) is 6.18. The summed E-state index contributed by atoms with van der Waals surface area (Å²) in [5.74, 6) is 0. The third-order valence-electron chi connectivity index (χ3n) is 2.78. The van der Waals surface area contributed by atoms with Crippen molar-refractivity contribution in [1.82, 2.24) is 9.78 Å². The number of hydrogen-bond donors (Lipinski definition) is 1. The summed E-state index contributed by atoms with van der Waals surface area (Å²) in [5, 5.41) is 7.87. The van der Waals surface area contributed by atoms with E-state index in [0.717, 1.165) is 28.8 Å². The number of aromatic nitrogens is 2. The minimum Gasteiger partial charge on any atom is -0.378 e. The molecule has 0 unspecified atom stereocenters. The minimum atomic E-state index is 0.780. The number of rotatable bonds is 4. The van der Waals surface area contributed by atoms with Crippen LogP contribution in [0.4, 0.5) is 5.69 Å². The van der Waals surface area contributed by atoms with Crippen molar-refractivity contribution in [2.24, 2.45) is 7.05 Å². The molecule has 96 valence electrons. The lowest BCUT2D eigenvalue weighted by Gasteiger charge is -2.09. The Balaban J connectivity index is 2.08. The molecule has 1 aromatic carbocycles. The number of halogens is 2. The molecule has 0 saturated heterocycles. The largest absolute Gasteiger partial charge is 0.378 e. The van der Waals surface area contributed by atoms with Crippen molar-refractivity contribution in [3.05, 3.63) is 43.7 Å². The molecule has 1 heterocycles. The fourth-order valence-electron chi connectivity index (χ4n) is 1.73. The average Bonchev–Trinajstić information content (AvgIpc) is 2.69. The number of aryl methyl sites for hydroxylation is 2. The molecule has 5 heteroatoms. The predicted molar refractivity (Wildman–Crippen MR) is 86.8 cm³/mol. The summed E-state index contributed by atoms with van der Waals surface area (Å²) >= 11 is 5.87. The van der Waals surface area contributed by atoms with E-state index < -0.39 is 0 Å². The highest BCUT2D eigenvalue weighted by Gasteiger charge is 2.05. The quantitative estimate of drug-likeness (QED) is 0.760. The van der Waals surface area contributed by atoms with Gasteiger partial charge in [-0.15, -0.1) is 0 Å². The first kappa shape index (κ1) is 13.9.